The van der Waals surface area contributed by atoms with Gasteiger partial charge in [-0.2, -0.15) is 0 Å². The van der Waals surface area contributed by atoms with Crippen LogP contribution in [0.25, 0.3) is 0 Å². The highest BCUT2D eigenvalue weighted by molar-refractivity contribution is 6.50. The van der Waals surface area contributed by atoms with Gasteiger partial charge in [-0.3, -0.25) is 10.1 Å². The Bertz CT molecular complexity index is 446. The van der Waals surface area contributed by atoms with Crippen molar-refractivity contribution in [1.29, 1.82) is 0 Å². The van der Waals surface area contributed by atoms with E-state index in [1.807, 2.05) is 13.0 Å². The summed E-state index contributed by atoms with van der Waals surface area (Å²) in [5, 5.41) is 10.9. The first-order valence-corrected chi connectivity index (χ1v) is 5.77. The predicted octanol–water partition coefficient (Wildman–Crippen LogP) is 3.64. The summed E-state index contributed by atoms with van der Waals surface area (Å²) in [6.45, 7) is 1.83. The monoisotopic (exact) mass is 259 g/mol. The third-order valence-corrected chi connectivity index (χ3v) is 3.79. The van der Waals surface area contributed by atoms with Crippen molar-refractivity contribution in [2.45, 2.75) is 24.1 Å². The van der Waals surface area contributed by atoms with Crippen LogP contribution in [0.1, 0.15) is 17.5 Å². The first-order valence-electron chi connectivity index (χ1n) is 5.02. The van der Waals surface area contributed by atoms with Gasteiger partial charge in [-0.15, -0.1) is 23.2 Å². The average Bonchev–Trinajstić information content (AvgIpc) is 2.76. The Kier molecular flexibility index (Phi) is 2.84. The topological polar surface area (TPSA) is 43.1 Å². The molecule has 1 aliphatic carbocycles. The van der Waals surface area contributed by atoms with E-state index in [1.165, 1.54) is 0 Å². The van der Waals surface area contributed by atoms with Crippen LogP contribution in [-0.4, -0.2) is 9.26 Å². The van der Waals surface area contributed by atoms with Gasteiger partial charge in [0.15, 0.2) is 0 Å². The molecule has 0 amide bonds. The van der Waals surface area contributed by atoms with Gasteiger partial charge in [-0.25, -0.2) is 0 Å². The molecule has 1 unspecified atom stereocenters. The Morgan fingerprint density at radius 3 is 2.69 bits per heavy atom. The molecular weight excluding hydrogens is 249 g/mol. The van der Waals surface area contributed by atoms with Crippen molar-refractivity contribution in [3.05, 3.63) is 39.4 Å². The number of hydrogen-bond donors (Lipinski definition) is 0. The Morgan fingerprint density at radius 1 is 1.56 bits per heavy atom. The highest BCUT2D eigenvalue weighted by Crippen LogP contribution is 2.55. The number of nitro benzene ring substituents is 1. The average molecular weight is 260 g/mol. The number of hydrogen-bond acceptors (Lipinski definition) is 2. The van der Waals surface area contributed by atoms with Gasteiger partial charge in [0.1, 0.15) is 4.33 Å². The molecule has 0 spiro atoms. The summed E-state index contributed by atoms with van der Waals surface area (Å²) in [4.78, 5) is 10.5. The van der Waals surface area contributed by atoms with E-state index in [1.54, 1.807) is 12.1 Å². The van der Waals surface area contributed by atoms with Crippen molar-refractivity contribution in [2.75, 3.05) is 0 Å². The molecule has 0 aromatic heterocycles. The van der Waals surface area contributed by atoms with Gasteiger partial charge in [-0.05, 0) is 31.2 Å². The van der Waals surface area contributed by atoms with E-state index in [9.17, 15) is 10.1 Å². The van der Waals surface area contributed by atoms with Crippen LogP contribution < -0.4 is 0 Å². The molecule has 0 saturated heterocycles. The highest BCUT2D eigenvalue weighted by atomic mass is 35.5. The second-order valence-electron chi connectivity index (χ2n) is 4.26. The van der Waals surface area contributed by atoms with Gasteiger partial charge in [0.05, 0.1) is 4.92 Å². The van der Waals surface area contributed by atoms with E-state index < -0.39 is 4.33 Å². The molecule has 5 heteroatoms. The molecule has 0 bridgehead atoms. The zero-order valence-electron chi connectivity index (χ0n) is 8.74. The maximum atomic E-state index is 10.9. The molecule has 16 heavy (non-hydrogen) atoms. The van der Waals surface area contributed by atoms with Gasteiger partial charge in [0.25, 0.3) is 5.69 Å². The predicted molar refractivity (Wildman–Crippen MR) is 64.1 cm³/mol. The van der Waals surface area contributed by atoms with Crippen molar-refractivity contribution in [1.82, 2.24) is 0 Å². The first kappa shape index (κ1) is 11.7. The minimum atomic E-state index is -0.682. The molecule has 1 fully saturated rings. The fourth-order valence-electron chi connectivity index (χ4n) is 1.77. The third kappa shape index (κ3) is 2.30. The molecule has 0 heterocycles. The molecule has 0 radical (unpaired) electrons. The third-order valence-electron chi connectivity index (χ3n) is 2.86. The standard InChI is InChI=1S/C11H11Cl2NO2/c1-7-2-3-8(10(4-7)14(15)16)5-9-6-11(9,12)13/h2-4,9H,5-6H2,1H3. The lowest BCUT2D eigenvalue weighted by atomic mass is 10.0. The number of halogens is 2. The van der Waals surface area contributed by atoms with E-state index in [4.69, 9.17) is 23.2 Å². The zero-order valence-corrected chi connectivity index (χ0v) is 10.3. The minimum Gasteiger partial charge on any atom is -0.258 e. The normalized spacial score (nSPS) is 21.8. The lowest BCUT2D eigenvalue weighted by Gasteiger charge is -2.04. The fourth-order valence-corrected chi connectivity index (χ4v) is 2.30. The molecule has 2 rings (SSSR count). The van der Waals surface area contributed by atoms with Crippen LogP contribution in [0.3, 0.4) is 0 Å². The maximum Gasteiger partial charge on any atom is 0.272 e. The Hall–Kier alpha value is -0.800. The van der Waals surface area contributed by atoms with Crippen molar-refractivity contribution >= 4 is 28.9 Å². The molecule has 1 saturated carbocycles. The van der Waals surface area contributed by atoms with E-state index in [2.05, 4.69) is 0 Å². The van der Waals surface area contributed by atoms with Crippen molar-refractivity contribution in [3.63, 3.8) is 0 Å². The maximum absolute atomic E-state index is 10.9. The molecule has 3 nitrogen and oxygen atoms in total. The van der Waals surface area contributed by atoms with Gasteiger partial charge in [0, 0.05) is 11.6 Å². The zero-order chi connectivity index (χ0) is 11.9. The first-order chi connectivity index (χ1) is 7.40. The van der Waals surface area contributed by atoms with E-state index in [-0.39, 0.29) is 16.5 Å². The van der Waals surface area contributed by atoms with Crippen LogP contribution in [0, 0.1) is 23.0 Å². The number of benzene rings is 1. The van der Waals surface area contributed by atoms with Gasteiger partial charge < -0.3 is 0 Å². The number of alkyl halides is 2. The summed E-state index contributed by atoms with van der Waals surface area (Å²) in [7, 11) is 0. The van der Waals surface area contributed by atoms with Gasteiger partial charge >= 0.3 is 0 Å². The van der Waals surface area contributed by atoms with Crippen LogP contribution in [-0.2, 0) is 6.42 Å². The Labute approximate surface area is 104 Å². The van der Waals surface area contributed by atoms with E-state index in [0.29, 0.717) is 18.4 Å². The molecule has 0 aliphatic heterocycles. The van der Waals surface area contributed by atoms with Crippen LogP contribution in [0.4, 0.5) is 5.69 Å². The van der Waals surface area contributed by atoms with Crippen molar-refractivity contribution in [2.24, 2.45) is 5.92 Å². The number of aryl methyl sites for hydroxylation is 1. The lowest BCUT2D eigenvalue weighted by Crippen LogP contribution is -2.00. The lowest BCUT2D eigenvalue weighted by molar-refractivity contribution is -0.385. The second kappa shape index (κ2) is 3.90. The summed E-state index contributed by atoms with van der Waals surface area (Å²) in [5.41, 5.74) is 1.76. The molecule has 1 atom stereocenters. The minimum absolute atomic E-state index is 0.136. The smallest absolute Gasteiger partial charge is 0.258 e. The molecule has 0 N–H and O–H groups in total. The van der Waals surface area contributed by atoms with Crippen LogP contribution in [0.15, 0.2) is 18.2 Å². The molecule has 1 aliphatic rings. The Morgan fingerprint density at radius 2 is 2.19 bits per heavy atom. The summed E-state index contributed by atoms with van der Waals surface area (Å²) in [6, 6.07) is 5.24. The summed E-state index contributed by atoms with van der Waals surface area (Å²) in [6.07, 6.45) is 1.28. The van der Waals surface area contributed by atoms with Crippen molar-refractivity contribution in [3.8, 4) is 0 Å². The largest absolute Gasteiger partial charge is 0.272 e. The number of rotatable bonds is 3. The van der Waals surface area contributed by atoms with E-state index >= 15 is 0 Å². The van der Waals surface area contributed by atoms with Crippen LogP contribution >= 0.6 is 23.2 Å². The van der Waals surface area contributed by atoms with Gasteiger partial charge in [-0.1, -0.05) is 12.1 Å². The molecule has 86 valence electrons. The van der Waals surface area contributed by atoms with Crippen LogP contribution in [0.2, 0.25) is 0 Å². The number of nitrogens with zero attached hydrogens (tertiary/aromatic N) is 1. The fraction of sp³-hybridized carbons (Fsp3) is 0.455. The Balaban J connectivity index is 2.24. The number of nitro groups is 1. The van der Waals surface area contributed by atoms with Crippen LogP contribution in [0.5, 0.6) is 0 Å². The molecule has 1 aromatic carbocycles. The quantitative estimate of drug-likeness (QED) is 0.473. The summed E-state index contributed by atoms with van der Waals surface area (Å²) >= 11 is 11.8. The van der Waals surface area contributed by atoms with E-state index in [0.717, 1.165) is 5.56 Å². The van der Waals surface area contributed by atoms with Crippen molar-refractivity contribution < 1.29 is 4.92 Å². The molecular formula is C11H11Cl2NO2. The highest BCUT2D eigenvalue weighted by Gasteiger charge is 2.51. The summed E-state index contributed by atoms with van der Waals surface area (Å²) in [5.74, 6) is 0.136. The molecule has 1 aromatic rings. The summed E-state index contributed by atoms with van der Waals surface area (Å²) < 4.78 is -0.682. The SMILES string of the molecule is Cc1ccc(CC2CC2(Cl)Cl)c([N+](=O)[O-])c1. The second-order valence-corrected chi connectivity index (χ2v) is 5.80. The van der Waals surface area contributed by atoms with Gasteiger partial charge in [0.2, 0.25) is 0 Å².